The summed E-state index contributed by atoms with van der Waals surface area (Å²) in [6, 6.07) is 7.21. The lowest BCUT2D eigenvalue weighted by Crippen LogP contribution is -2.05. The van der Waals surface area contributed by atoms with Crippen molar-refractivity contribution in [1.82, 2.24) is 9.78 Å². The van der Waals surface area contributed by atoms with Crippen LogP contribution in [0.25, 0.3) is 0 Å². The Morgan fingerprint density at radius 1 is 1.42 bits per heavy atom. The predicted molar refractivity (Wildman–Crippen MR) is 74.5 cm³/mol. The molecule has 1 heterocycles. The SMILES string of the molecule is COc1ccc(Cl)cc1C(O)CCc1ccnn1C. The van der Waals surface area contributed by atoms with E-state index in [9.17, 15) is 5.11 Å². The molecule has 19 heavy (non-hydrogen) atoms. The standard InChI is InChI=1S/C14H17ClN2O2/c1-17-11(7-8-16-17)4-5-13(18)12-9-10(15)3-6-14(12)19-2/h3,6-9,13,18H,4-5H2,1-2H3. The molecule has 0 spiro atoms. The number of benzene rings is 1. The normalized spacial score (nSPS) is 12.4. The molecule has 4 nitrogen and oxygen atoms in total. The first-order valence-electron chi connectivity index (χ1n) is 6.10. The molecule has 0 aliphatic rings. The molecule has 0 saturated heterocycles. The maximum Gasteiger partial charge on any atom is 0.124 e. The number of aliphatic hydroxyl groups is 1. The third kappa shape index (κ3) is 3.28. The van der Waals surface area contributed by atoms with Crippen LogP contribution in [-0.2, 0) is 13.5 Å². The fourth-order valence-corrected chi connectivity index (χ4v) is 2.23. The molecule has 0 radical (unpaired) electrons. The summed E-state index contributed by atoms with van der Waals surface area (Å²) in [5, 5.41) is 15.0. The van der Waals surface area contributed by atoms with E-state index in [-0.39, 0.29) is 0 Å². The van der Waals surface area contributed by atoms with E-state index in [4.69, 9.17) is 16.3 Å². The molecule has 5 heteroatoms. The maximum atomic E-state index is 10.3. The lowest BCUT2D eigenvalue weighted by Gasteiger charge is -2.15. The molecule has 1 N–H and O–H groups in total. The second kappa shape index (κ2) is 6.08. The van der Waals surface area contributed by atoms with Crippen molar-refractivity contribution >= 4 is 11.6 Å². The number of hydrogen-bond donors (Lipinski definition) is 1. The lowest BCUT2D eigenvalue weighted by atomic mass is 10.0. The van der Waals surface area contributed by atoms with E-state index in [0.29, 0.717) is 17.2 Å². The van der Waals surface area contributed by atoms with Crippen LogP contribution >= 0.6 is 11.6 Å². The first-order valence-corrected chi connectivity index (χ1v) is 6.48. The molecule has 0 bridgehead atoms. The van der Waals surface area contributed by atoms with Crippen LogP contribution in [0.15, 0.2) is 30.5 Å². The van der Waals surface area contributed by atoms with E-state index < -0.39 is 6.10 Å². The highest BCUT2D eigenvalue weighted by atomic mass is 35.5. The molecule has 2 rings (SSSR count). The van der Waals surface area contributed by atoms with Crippen molar-refractivity contribution in [2.24, 2.45) is 7.05 Å². The summed E-state index contributed by atoms with van der Waals surface area (Å²) in [6.07, 6.45) is 2.48. The van der Waals surface area contributed by atoms with Gasteiger partial charge in [0.1, 0.15) is 5.75 Å². The zero-order valence-corrected chi connectivity index (χ0v) is 11.8. The van der Waals surface area contributed by atoms with Crippen LogP contribution in [-0.4, -0.2) is 22.0 Å². The van der Waals surface area contributed by atoms with Crippen LogP contribution in [0.1, 0.15) is 23.8 Å². The monoisotopic (exact) mass is 280 g/mol. The van der Waals surface area contributed by atoms with E-state index in [1.165, 1.54) is 0 Å². The average molecular weight is 281 g/mol. The molecule has 0 aliphatic carbocycles. The number of methoxy groups -OCH3 is 1. The van der Waals surface area contributed by atoms with Crippen LogP contribution in [0.5, 0.6) is 5.75 Å². The van der Waals surface area contributed by atoms with Gasteiger partial charge in [0.15, 0.2) is 0 Å². The summed E-state index contributed by atoms with van der Waals surface area (Å²) in [4.78, 5) is 0. The minimum atomic E-state index is -0.608. The molecule has 0 saturated carbocycles. The van der Waals surface area contributed by atoms with Crippen LogP contribution in [0.4, 0.5) is 0 Å². The maximum absolute atomic E-state index is 10.3. The van der Waals surface area contributed by atoms with Crippen molar-refractivity contribution in [2.75, 3.05) is 7.11 Å². The molecular formula is C14H17ClN2O2. The highest BCUT2D eigenvalue weighted by Gasteiger charge is 2.14. The van der Waals surface area contributed by atoms with Gasteiger partial charge in [0.25, 0.3) is 0 Å². The Bertz CT molecular complexity index is 554. The molecule has 2 aromatic rings. The van der Waals surface area contributed by atoms with Gasteiger partial charge < -0.3 is 9.84 Å². The molecular weight excluding hydrogens is 264 g/mol. The second-order valence-electron chi connectivity index (χ2n) is 4.39. The van der Waals surface area contributed by atoms with Crippen LogP contribution in [0.3, 0.4) is 0 Å². The predicted octanol–water partition coefficient (Wildman–Crippen LogP) is 2.75. The minimum absolute atomic E-state index is 0.593. The van der Waals surface area contributed by atoms with Crippen LogP contribution in [0.2, 0.25) is 5.02 Å². The largest absolute Gasteiger partial charge is 0.496 e. The van der Waals surface area contributed by atoms with Gasteiger partial charge in [0, 0.05) is 29.5 Å². The van der Waals surface area contributed by atoms with E-state index in [1.807, 2.05) is 17.8 Å². The summed E-state index contributed by atoms with van der Waals surface area (Å²) >= 11 is 5.96. The van der Waals surface area contributed by atoms with Crippen molar-refractivity contribution < 1.29 is 9.84 Å². The highest BCUT2D eigenvalue weighted by Crippen LogP contribution is 2.30. The van der Waals surface area contributed by atoms with Gasteiger partial charge in [-0.1, -0.05) is 11.6 Å². The number of aryl methyl sites for hydroxylation is 2. The van der Waals surface area contributed by atoms with Gasteiger partial charge in [-0.25, -0.2) is 0 Å². The van der Waals surface area contributed by atoms with E-state index in [0.717, 1.165) is 17.7 Å². The number of aliphatic hydroxyl groups excluding tert-OH is 1. The van der Waals surface area contributed by atoms with Gasteiger partial charge in [-0.2, -0.15) is 5.10 Å². The number of nitrogens with zero attached hydrogens (tertiary/aromatic N) is 2. The highest BCUT2D eigenvalue weighted by molar-refractivity contribution is 6.30. The Kier molecular flexibility index (Phi) is 4.45. The van der Waals surface area contributed by atoms with Crippen molar-refractivity contribution in [1.29, 1.82) is 0 Å². The summed E-state index contributed by atoms with van der Waals surface area (Å²) in [7, 11) is 3.47. The lowest BCUT2D eigenvalue weighted by molar-refractivity contribution is 0.163. The van der Waals surface area contributed by atoms with Gasteiger partial charge in [0.2, 0.25) is 0 Å². The number of aromatic nitrogens is 2. The first-order chi connectivity index (χ1) is 9.11. The fraction of sp³-hybridized carbons (Fsp3) is 0.357. The number of hydrogen-bond acceptors (Lipinski definition) is 3. The second-order valence-corrected chi connectivity index (χ2v) is 4.82. The third-order valence-electron chi connectivity index (χ3n) is 3.15. The van der Waals surface area contributed by atoms with Gasteiger partial charge in [0.05, 0.1) is 13.2 Å². The van der Waals surface area contributed by atoms with Gasteiger partial charge in [-0.05, 0) is 37.1 Å². The Morgan fingerprint density at radius 2 is 2.21 bits per heavy atom. The Labute approximate surface area is 117 Å². The van der Waals surface area contributed by atoms with Gasteiger partial charge in [-0.15, -0.1) is 0 Å². The number of rotatable bonds is 5. The van der Waals surface area contributed by atoms with Crippen LogP contribution in [0, 0.1) is 0 Å². The van der Waals surface area contributed by atoms with Crippen molar-refractivity contribution in [3.63, 3.8) is 0 Å². The number of ether oxygens (including phenoxy) is 1. The Morgan fingerprint density at radius 3 is 2.84 bits per heavy atom. The smallest absolute Gasteiger partial charge is 0.124 e. The van der Waals surface area contributed by atoms with Crippen molar-refractivity contribution in [2.45, 2.75) is 18.9 Å². The van der Waals surface area contributed by atoms with Gasteiger partial charge in [-0.3, -0.25) is 4.68 Å². The summed E-state index contributed by atoms with van der Waals surface area (Å²) in [5.41, 5.74) is 1.80. The Balaban J connectivity index is 2.09. The number of halogens is 1. The molecule has 0 amide bonds. The summed E-state index contributed by atoms with van der Waals surface area (Å²) in [6.45, 7) is 0. The molecule has 1 unspecified atom stereocenters. The van der Waals surface area contributed by atoms with E-state index in [1.54, 1.807) is 31.5 Å². The van der Waals surface area contributed by atoms with E-state index >= 15 is 0 Å². The van der Waals surface area contributed by atoms with E-state index in [2.05, 4.69) is 5.10 Å². The zero-order valence-electron chi connectivity index (χ0n) is 11.0. The molecule has 1 aromatic carbocycles. The van der Waals surface area contributed by atoms with Crippen LogP contribution < -0.4 is 4.74 Å². The molecule has 0 aliphatic heterocycles. The fourth-order valence-electron chi connectivity index (χ4n) is 2.05. The van der Waals surface area contributed by atoms with Crippen molar-refractivity contribution in [3.05, 3.63) is 46.7 Å². The summed E-state index contributed by atoms with van der Waals surface area (Å²) in [5.74, 6) is 0.655. The van der Waals surface area contributed by atoms with Crippen molar-refractivity contribution in [3.8, 4) is 5.75 Å². The molecule has 0 fully saturated rings. The average Bonchev–Trinajstić information content (AvgIpc) is 2.81. The third-order valence-corrected chi connectivity index (χ3v) is 3.38. The van der Waals surface area contributed by atoms with Gasteiger partial charge >= 0.3 is 0 Å². The minimum Gasteiger partial charge on any atom is -0.496 e. The summed E-state index contributed by atoms with van der Waals surface area (Å²) < 4.78 is 7.05. The Hall–Kier alpha value is -1.52. The molecule has 1 aromatic heterocycles. The molecule has 102 valence electrons. The molecule has 1 atom stereocenters. The quantitative estimate of drug-likeness (QED) is 0.916. The zero-order chi connectivity index (χ0) is 13.8. The first kappa shape index (κ1) is 13.9. The topological polar surface area (TPSA) is 47.3 Å².